The van der Waals surface area contributed by atoms with Crippen LogP contribution in [-0.4, -0.2) is 64.0 Å². The number of methoxy groups -OCH3 is 3. The fourth-order valence-electron chi connectivity index (χ4n) is 3.01. The van der Waals surface area contributed by atoms with Crippen molar-refractivity contribution in [2.24, 2.45) is 0 Å². The van der Waals surface area contributed by atoms with Crippen LogP contribution >= 0.6 is 0 Å². The molecule has 0 radical (unpaired) electrons. The number of piperidine rings is 1. The van der Waals surface area contributed by atoms with Gasteiger partial charge in [0.2, 0.25) is 5.75 Å². The van der Waals surface area contributed by atoms with E-state index >= 15 is 0 Å². The molecule has 2 amide bonds. The van der Waals surface area contributed by atoms with E-state index in [9.17, 15) is 9.59 Å². The maximum Gasteiger partial charge on any atom is 0.407 e. The number of hydrogen-bond acceptors (Lipinski definition) is 6. The summed E-state index contributed by atoms with van der Waals surface area (Å²) in [7, 11) is 4.52. The van der Waals surface area contributed by atoms with E-state index in [1.165, 1.54) is 21.3 Å². The molecule has 1 aliphatic rings. The largest absolute Gasteiger partial charge is 0.493 e. The Balaban J connectivity index is 2.16. The summed E-state index contributed by atoms with van der Waals surface area (Å²) in [6.07, 6.45) is 1.14. The fraction of sp³-hybridized carbons (Fsp3) is 0.556. The normalized spacial score (nSPS) is 16.6. The summed E-state index contributed by atoms with van der Waals surface area (Å²) in [5, 5.41) is 2.80. The summed E-state index contributed by atoms with van der Waals surface area (Å²) in [6, 6.07) is 3.13. The summed E-state index contributed by atoms with van der Waals surface area (Å²) >= 11 is 0. The Morgan fingerprint density at radius 2 is 1.81 bits per heavy atom. The molecule has 144 valence electrons. The molecule has 8 heteroatoms. The lowest BCUT2D eigenvalue weighted by atomic mass is 10.0. The zero-order chi connectivity index (χ0) is 19.1. The average molecular weight is 366 g/mol. The Hall–Kier alpha value is -2.64. The minimum Gasteiger partial charge on any atom is -0.493 e. The number of ether oxygens (including phenoxy) is 4. The second-order valence-corrected chi connectivity index (χ2v) is 5.87. The summed E-state index contributed by atoms with van der Waals surface area (Å²) in [6.45, 7) is 3.11. The van der Waals surface area contributed by atoms with Gasteiger partial charge in [-0.25, -0.2) is 4.79 Å². The average Bonchev–Trinajstić information content (AvgIpc) is 2.66. The van der Waals surface area contributed by atoms with Crippen molar-refractivity contribution in [3.63, 3.8) is 0 Å². The fourth-order valence-corrected chi connectivity index (χ4v) is 3.01. The minimum absolute atomic E-state index is 0.131. The highest BCUT2D eigenvalue weighted by molar-refractivity contribution is 5.95. The second-order valence-electron chi connectivity index (χ2n) is 5.87. The number of benzene rings is 1. The first-order chi connectivity index (χ1) is 12.5. The van der Waals surface area contributed by atoms with Crippen LogP contribution in [0.15, 0.2) is 12.1 Å². The Bertz CT molecular complexity index is 624. The van der Waals surface area contributed by atoms with E-state index in [2.05, 4.69) is 5.32 Å². The van der Waals surface area contributed by atoms with Crippen LogP contribution in [0.5, 0.6) is 17.2 Å². The van der Waals surface area contributed by atoms with Gasteiger partial charge in [0, 0.05) is 24.7 Å². The molecular weight excluding hydrogens is 340 g/mol. The van der Waals surface area contributed by atoms with Crippen LogP contribution in [0.3, 0.4) is 0 Å². The van der Waals surface area contributed by atoms with Gasteiger partial charge in [-0.2, -0.15) is 0 Å². The quantitative estimate of drug-likeness (QED) is 0.829. The van der Waals surface area contributed by atoms with Gasteiger partial charge in [0.15, 0.2) is 11.5 Å². The minimum atomic E-state index is -0.459. The molecule has 2 rings (SSSR count). The van der Waals surface area contributed by atoms with E-state index in [-0.39, 0.29) is 11.9 Å². The Kier molecular flexibility index (Phi) is 6.94. The number of rotatable bonds is 6. The third-order valence-corrected chi connectivity index (χ3v) is 4.22. The Morgan fingerprint density at radius 1 is 1.15 bits per heavy atom. The molecule has 1 N–H and O–H groups in total. The van der Waals surface area contributed by atoms with Crippen molar-refractivity contribution in [1.29, 1.82) is 0 Å². The van der Waals surface area contributed by atoms with Crippen LogP contribution in [0.25, 0.3) is 0 Å². The molecule has 0 spiro atoms. The summed E-state index contributed by atoms with van der Waals surface area (Å²) in [5.74, 6) is 1.13. The van der Waals surface area contributed by atoms with E-state index in [1.807, 2.05) is 0 Å². The monoisotopic (exact) mass is 366 g/mol. The molecule has 0 saturated carbocycles. The number of nitrogens with one attached hydrogen (secondary N) is 1. The molecule has 26 heavy (non-hydrogen) atoms. The zero-order valence-corrected chi connectivity index (χ0v) is 15.7. The maximum atomic E-state index is 12.9. The first-order valence-corrected chi connectivity index (χ1v) is 8.56. The molecular formula is C18H26N2O6. The molecule has 1 fully saturated rings. The molecule has 1 saturated heterocycles. The third kappa shape index (κ3) is 4.50. The Morgan fingerprint density at radius 3 is 2.35 bits per heavy atom. The van der Waals surface area contributed by atoms with Gasteiger partial charge in [0.05, 0.1) is 27.9 Å². The van der Waals surface area contributed by atoms with Crippen LogP contribution < -0.4 is 19.5 Å². The van der Waals surface area contributed by atoms with Gasteiger partial charge in [-0.05, 0) is 31.9 Å². The number of carbonyl (C=O) groups is 2. The van der Waals surface area contributed by atoms with Gasteiger partial charge < -0.3 is 29.2 Å². The van der Waals surface area contributed by atoms with Gasteiger partial charge in [0.1, 0.15) is 0 Å². The van der Waals surface area contributed by atoms with Crippen molar-refractivity contribution in [2.75, 3.05) is 41.0 Å². The van der Waals surface area contributed by atoms with Crippen LogP contribution in [0.4, 0.5) is 4.79 Å². The molecule has 0 unspecified atom stereocenters. The number of carbonyl (C=O) groups excluding carboxylic acids is 2. The summed E-state index contributed by atoms with van der Waals surface area (Å²) < 4.78 is 20.8. The van der Waals surface area contributed by atoms with E-state index in [1.54, 1.807) is 24.0 Å². The third-order valence-electron chi connectivity index (χ3n) is 4.22. The number of amides is 2. The van der Waals surface area contributed by atoms with Gasteiger partial charge in [-0.15, -0.1) is 0 Å². The van der Waals surface area contributed by atoms with Crippen LogP contribution in [0.1, 0.15) is 30.1 Å². The Labute approximate surface area is 153 Å². The molecule has 1 aromatic carbocycles. The van der Waals surface area contributed by atoms with E-state index < -0.39 is 6.09 Å². The molecule has 1 atom stereocenters. The topological polar surface area (TPSA) is 86.3 Å². The highest BCUT2D eigenvalue weighted by Crippen LogP contribution is 2.38. The van der Waals surface area contributed by atoms with Crippen molar-refractivity contribution >= 4 is 12.0 Å². The lowest BCUT2D eigenvalue weighted by Crippen LogP contribution is -2.49. The molecule has 0 aromatic heterocycles. The number of hydrogen-bond donors (Lipinski definition) is 1. The van der Waals surface area contributed by atoms with E-state index in [0.29, 0.717) is 42.5 Å². The molecule has 1 aromatic rings. The van der Waals surface area contributed by atoms with Crippen molar-refractivity contribution in [3.05, 3.63) is 17.7 Å². The number of likely N-dealkylation sites (tertiary alicyclic amines) is 1. The van der Waals surface area contributed by atoms with Crippen molar-refractivity contribution in [1.82, 2.24) is 10.2 Å². The smallest absolute Gasteiger partial charge is 0.407 e. The first-order valence-electron chi connectivity index (χ1n) is 8.56. The van der Waals surface area contributed by atoms with Crippen molar-refractivity contribution in [3.8, 4) is 17.2 Å². The molecule has 1 heterocycles. The van der Waals surface area contributed by atoms with Gasteiger partial charge in [-0.1, -0.05) is 0 Å². The van der Waals surface area contributed by atoms with Gasteiger partial charge >= 0.3 is 6.09 Å². The molecule has 0 bridgehead atoms. The highest BCUT2D eigenvalue weighted by atomic mass is 16.5. The maximum absolute atomic E-state index is 12.9. The molecule has 8 nitrogen and oxygen atoms in total. The zero-order valence-electron chi connectivity index (χ0n) is 15.7. The summed E-state index contributed by atoms with van der Waals surface area (Å²) in [5.41, 5.74) is 0.441. The van der Waals surface area contributed by atoms with Gasteiger partial charge in [-0.3, -0.25) is 4.79 Å². The lowest BCUT2D eigenvalue weighted by molar-refractivity contribution is 0.0685. The lowest BCUT2D eigenvalue weighted by Gasteiger charge is -2.33. The van der Waals surface area contributed by atoms with Crippen LogP contribution in [-0.2, 0) is 4.74 Å². The van der Waals surface area contributed by atoms with Crippen LogP contribution in [0.2, 0.25) is 0 Å². The second kappa shape index (κ2) is 9.17. The van der Waals surface area contributed by atoms with Crippen molar-refractivity contribution < 1.29 is 28.5 Å². The first kappa shape index (κ1) is 19.7. The number of alkyl carbamates (subject to hydrolysis) is 1. The van der Waals surface area contributed by atoms with Crippen molar-refractivity contribution in [2.45, 2.75) is 25.8 Å². The van der Waals surface area contributed by atoms with E-state index in [0.717, 1.165) is 12.8 Å². The predicted octanol–water partition coefficient (Wildman–Crippen LogP) is 2.06. The SMILES string of the molecule is CCOC(=O)N[C@@H]1CCCN(C(=O)c2cc(OC)c(OC)c(OC)c2)C1. The molecule has 1 aliphatic heterocycles. The molecule has 0 aliphatic carbocycles. The van der Waals surface area contributed by atoms with Gasteiger partial charge in [0.25, 0.3) is 5.91 Å². The highest BCUT2D eigenvalue weighted by Gasteiger charge is 2.27. The van der Waals surface area contributed by atoms with Crippen LogP contribution in [0, 0.1) is 0 Å². The summed E-state index contributed by atoms with van der Waals surface area (Å²) in [4.78, 5) is 26.2. The number of nitrogens with zero attached hydrogens (tertiary/aromatic N) is 1. The standard InChI is InChI=1S/C18H26N2O6/c1-5-26-18(22)19-13-7-6-8-20(11-13)17(21)12-9-14(23-2)16(25-4)15(10-12)24-3/h9-10,13H,5-8,11H2,1-4H3,(H,19,22)/t13-/m1/s1. The van der Waals surface area contributed by atoms with E-state index in [4.69, 9.17) is 18.9 Å². The predicted molar refractivity (Wildman–Crippen MR) is 95.2 cm³/mol.